The molecule has 25 heavy (non-hydrogen) atoms. The molecule has 6 heteroatoms. The van der Waals surface area contributed by atoms with E-state index >= 15 is 0 Å². The molecule has 0 saturated heterocycles. The Morgan fingerprint density at radius 3 is 2.52 bits per heavy atom. The third kappa shape index (κ3) is 7.03. The highest BCUT2D eigenvalue weighted by molar-refractivity contribution is 5.92. The summed E-state index contributed by atoms with van der Waals surface area (Å²) in [7, 11) is 0. The van der Waals surface area contributed by atoms with Crippen molar-refractivity contribution in [3.05, 3.63) is 66.2 Å². The number of nitrogens with one attached hydrogen (secondary N) is 2. The number of alkyl halides is 2. The summed E-state index contributed by atoms with van der Waals surface area (Å²) >= 11 is 0. The largest absolute Gasteiger partial charge is 0.434 e. The first-order valence-electron chi connectivity index (χ1n) is 7.94. The second kappa shape index (κ2) is 10.1. The number of anilines is 1. The minimum Gasteiger partial charge on any atom is -0.434 e. The maximum absolute atomic E-state index is 12.3. The summed E-state index contributed by atoms with van der Waals surface area (Å²) in [6.45, 7) is -1.66. The number of para-hydroxylation sites is 2. The van der Waals surface area contributed by atoms with Crippen molar-refractivity contribution in [3.8, 4) is 5.75 Å². The topological polar surface area (TPSA) is 50.4 Å². The number of hydrogen-bond donors (Lipinski definition) is 2. The monoisotopic (exact) mass is 346 g/mol. The van der Waals surface area contributed by atoms with Gasteiger partial charge in [-0.05, 0) is 30.7 Å². The Balaban J connectivity index is 1.72. The van der Waals surface area contributed by atoms with Crippen LogP contribution in [-0.4, -0.2) is 25.6 Å². The van der Waals surface area contributed by atoms with E-state index in [0.717, 1.165) is 18.7 Å². The Morgan fingerprint density at radius 1 is 1.04 bits per heavy atom. The van der Waals surface area contributed by atoms with Gasteiger partial charge in [0, 0.05) is 30.4 Å². The second-order valence-corrected chi connectivity index (χ2v) is 5.19. The van der Waals surface area contributed by atoms with Crippen LogP contribution in [0, 0.1) is 0 Å². The van der Waals surface area contributed by atoms with E-state index in [1.807, 2.05) is 30.3 Å². The number of carbonyl (C=O) groups is 1. The van der Waals surface area contributed by atoms with Crippen LogP contribution >= 0.6 is 0 Å². The molecule has 0 aliphatic carbocycles. The molecule has 2 aromatic carbocycles. The number of benzene rings is 2. The lowest BCUT2D eigenvalue weighted by Crippen LogP contribution is -2.23. The Morgan fingerprint density at radius 2 is 1.76 bits per heavy atom. The number of ether oxygens (including phenoxy) is 1. The van der Waals surface area contributed by atoms with Crippen molar-refractivity contribution in [2.45, 2.75) is 13.0 Å². The van der Waals surface area contributed by atoms with Crippen LogP contribution < -0.4 is 15.4 Å². The van der Waals surface area contributed by atoms with E-state index in [1.54, 1.807) is 18.2 Å². The molecule has 4 nitrogen and oxygen atoms in total. The Hall–Kier alpha value is -2.89. The van der Waals surface area contributed by atoms with Crippen LogP contribution in [0.5, 0.6) is 5.75 Å². The number of carbonyl (C=O) groups excluding carboxylic acids is 1. The van der Waals surface area contributed by atoms with Crippen LogP contribution in [-0.2, 0) is 4.79 Å². The highest BCUT2D eigenvalue weighted by atomic mass is 19.3. The zero-order valence-electron chi connectivity index (χ0n) is 13.6. The van der Waals surface area contributed by atoms with Gasteiger partial charge in [0.05, 0.1) is 0 Å². The van der Waals surface area contributed by atoms with Gasteiger partial charge in [-0.1, -0.05) is 36.4 Å². The highest BCUT2D eigenvalue weighted by Crippen LogP contribution is 2.21. The Kier molecular flexibility index (Phi) is 7.43. The van der Waals surface area contributed by atoms with Gasteiger partial charge in [-0.3, -0.25) is 4.79 Å². The summed E-state index contributed by atoms with van der Waals surface area (Å²) in [4.78, 5) is 11.8. The maximum Gasteiger partial charge on any atom is 0.387 e. The molecule has 0 atom stereocenters. The molecule has 0 heterocycles. The molecular formula is C19H20F2N2O2. The average Bonchev–Trinajstić information content (AvgIpc) is 2.61. The minimum absolute atomic E-state index is 0.0358. The minimum atomic E-state index is -2.90. The molecule has 1 amide bonds. The van der Waals surface area contributed by atoms with E-state index in [2.05, 4.69) is 15.4 Å². The third-order valence-corrected chi connectivity index (χ3v) is 3.31. The molecule has 132 valence electrons. The summed E-state index contributed by atoms with van der Waals surface area (Å²) in [6.07, 6.45) is 3.52. The maximum atomic E-state index is 12.3. The second-order valence-electron chi connectivity index (χ2n) is 5.19. The standard InChI is InChI=1S/C19H20F2N2O2/c20-19(21)25-17-10-5-4-7-15(17)11-12-18(24)23-14-6-13-22-16-8-2-1-3-9-16/h1-5,7-12,19,22H,6,13-14H2,(H,23,24). The number of rotatable bonds is 9. The molecule has 0 aromatic heterocycles. The molecule has 0 radical (unpaired) electrons. The average molecular weight is 346 g/mol. The molecular weight excluding hydrogens is 326 g/mol. The lowest BCUT2D eigenvalue weighted by Gasteiger charge is -2.07. The van der Waals surface area contributed by atoms with E-state index in [4.69, 9.17) is 0 Å². The fourth-order valence-corrected chi connectivity index (χ4v) is 2.13. The fourth-order valence-electron chi connectivity index (χ4n) is 2.13. The van der Waals surface area contributed by atoms with E-state index in [1.165, 1.54) is 18.2 Å². The van der Waals surface area contributed by atoms with Crippen molar-refractivity contribution in [3.63, 3.8) is 0 Å². The zero-order chi connectivity index (χ0) is 17.9. The molecule has 2 rings (SSSR count). The molecule has 0 saturated carbocycles. The quantitative estimate of drug-likeness (QED) is 0.534. The molecule has 0 aliphatic rings. The fraction of sp³-hybridized carbons (Fsp3) is 0.211. The van der Waals surface area contributed by atoms with Gasteiger partial charge in [0.2, 0.25) is 5.91 Å². The van der Waals surface area contributed by atoms with Gasteiger partial charge in [0.15, 0.2) is 0 Å². The molecule has 0 fully saturated rings. The Bertz CT molecular complexity index is 691. The van der Waals surface area contributed by atoms with E-state index < -0.39 is 6.61 Å². The molecule has 0 spiro atoms. The van der Waals surface area contributed by atoms with Crippen molar-refractivity contribution in [1.82, 2.24) is 5.32 Å². The summed E-state index contributed by atoms with van der Waals surface area (Å²) in [5.74, 6) is -0.250. The summed E-state index contributed by atoms with van der Waals surface area (Å²) in [5.41, 5.74) is 1.45. The van der Waals surface area contributed by atoms with Crippen LogP contribution in [0.4, 0.5) is 14.5 Å². The molecule has 0 bridgehead atoms. The van der Waals surface area contributed by atoms with Gasteiger partial charge in [-0.25, -0.2) is 0 Å². The van der Waals surface area contributed by atoms with Crippen molar-refractivity contribution >= 4 is 17.7 Å². The smallest absolute Gasteiger partial charge is 0.387 e. The first-order chi connectivity index (χ1) is 12.1. The van der Waals surface area contributed by atoms with Crippen molar-refractivity contribution in [2.24, 2.45) is 0 Å². The third-order valence-electron chi connectivity index (χ3n) is 3.31. The van der Waals surface area contributed by atoms with Gasteiger partial charge in [0.25, 0.3) is 0 Å². The van der Waals surface area contributed by atoms with Crippen LogP contribution in [0.25, 0.3) is 6.08 Å². The first kappa shape index (κ1) is 18.4. The van der Waals surface area contributed by atoms with Gasteiger partial charge in [-0.2, -0.15) is 8.78 Å². The molecule has 0 unspecified atom stereocenters. The zero-order valence-corrected chi connectivity index (χ0v) is 13.6. The van der Waals surface area contributed by atoms with E-state index in [-0.39, 0.29) is 11.7 Å². The molecule has 0 aliphatic heterocycles. The number of halogens is 2. The summed E-state index contributed by atoms with van der Waals surface area (Å²) in [5, 5.41) is 5.99. The van der Waals surface area contributed by atoms with Gasteiger partial charge in [-0.15, -0.1) is 0 Å². The number of amides is 1. The van der Waals surface area contributed by atoms with Crippen LogP contribution in [0.2, 0.25) is 0 Å². The molecule has 2 aromatic rings. The summed E-state index contributed by atoms with van der Waals surface area (Å²) < 4.78 is 29.1. The lowest BCUT2D eigenvalue weighted by atomic mass is 10.2. The van der Waals surface area contributed by atoms with E-state index in [0.29, 0.717) is 12.1 Å². The van der Waals surface area contributed by atoms with E-state index in [9.17, 15) is 13.6 Å². The highest BCUT2D eigenvalue weighted by Gasteiger charge is 2.07. The first-order valence-corrected chi connectivity index (χ1v) is 7.94. The van der Waals surface area contributed by atoms with Gasteiger partial charge < -0.3 is 15.4 Å². The van der Waals surface area contributed by atoms with Crippen LogP contribution in [0.3, 0.4) is 0 Å². The Labute approximate surface area is 145 Å². The van der Waals surface area contributed by atoms with Crippen LogP contribution in [0.1, 0.15) is 12.0 Å². The van der Waals surface area contributed by atoms with Crippen molar-refractivity contribution in [2.75, 3.05) is 18.4 Å². The predicted octanol–water partition coefficient (Wildman–Crippen LogP) is 3.92. The van der Waals surface area contributed by atoms with Crippen molar-refractivity contribution < 1.29 is 18.3 Å². The van der Waals surface area contributed by atoms with Gasteiger partial charge >= 0.3 is 6.61 Å². The molecule has 2 N–H and O–H groups in total. The van der Waals surface area contributed by atoms with Crippen molar-refractivity contribution in [1.29, 1.82) is 0 Å². The normalized spacial score (nSPS) is 10.8. The number of hydrogen-bond acceptors (Lipinski definition) is 3. The predicted molar refractivity (Wildman–Crippen MR) is 94.7 cm³/mol. The van der Waals surface area contributed by atoms with Gasteiger partial charge in [0.1, 0.15) is 5.75 Å². The SMILES string of the molecule is O=C(C=Cc1ccccc1OC(F)F)NCCCNc1ccccc1. The lowest BCUT2D eigenvalue weighted by molar-refractivity contribution is -0.116. The van der Waals surface area contributed by atoms with Crippen LogP contribution in [0.15, 0.2) is 60.7 Å². The summed E-state index contributed by atoms with van der Waals surface area (Å²) in [6, 6.07) is 16.1.